The minimum absolute atomic E-state index is 0.244. The molecule has 0 unspecified atom stereocenters. The quantitative estimate of drug-likeness (QED) is 0.416. The smallest absolute Gasteiger partial charge is 0.266 e. The average molecular weight is 418 g/mol. The number of hydrogen-bond acceptors (Lipinski definition) is 6. The maximum atomic E-state index is 13.7. The van der Waals surface area contributed by atoms with Crippen LogP contribution in [0.15, 0.2) is 52.9 Å². The molecule has 5 nitrogen and oxygen atoms in total. The van der Waals surface area contributed by atoms with Crippen molar-refractivity contribution in [2.24, 2.45) is 0 Å². The van der Waals surface area contributed by atoms with Crippen LogP contribution in [0.5, 0.6) is 5.75 Å². The summed E-state index contributed by atoms with van der Waals surface area (Å²) in [5.74, 6) is 0.535. The number of thioether (sulfide) groups is 1. The van der Waals surface area contributed by atoms with Crippen molar-refractivity contribution in [3.63, 3.8) is 0 Å². The van der Waals surface area contributed by atoms with Crippen molar-refractivity contribution in [1.82, 2.24) is 10.2 Å². The molecule has 1 aromatic heterocycles. The molecule has 28 heavy (non-hydrogen) atoms. The fourth-order valence-electron chi connectivity index (χ4n) is 2.34. The largest absolute Gasteiger partial charge is 0.481 e. The lowest BCUT2D eigenvalue weighted by Crippen LogP contribution is -2.30. The Balaban J connectivity index is 1.52. The number of nitrogens with one attached hydrogen (secondary N) is 1. The molecule has 0 bridgehead atoms. The normalized spacial score (nSPS) is 11.8. The Kier molecular flexibility index (Phi) is 7.00. The molecule has 0 spiro atoms. The van der Waals surface area contributed by atoms with Gasteiger partial charge in [0, 0.05) is 5.75 Å². The maximum absolute atomic E-state index is 13.7. The van der Waals surface area contributed by atoms with Crippen LogP contribution in [0.4, 0.5) is 9.52 Å². The zero-order chi connectivity index (χ0) is 19.9. The Bertz CT molecular complexity index is 931. The van der Waals surface area contributed by atoms with Gasteiger partial charge in [0.15, 0.2) is 10.4 Å². The van der Waals surface area contributed by atoms with Crippen LogP contribution in [0, 0.1) is 5.82 Å². The van der Waals surface area contributed by atoms with Crippen LogP contribution in [0.25, 0.3) is 0 Å². The Morgan fingerprint density at radius 2 is 1.96 bits per heavy atom. The summed E-state index contributed by atoms with van der Waals surface area (Å²) in [6, 6.07) is 14.3. The summed E-state index contributed by atoms with van der Waals surface area (Å²) in [5, 5.41) is 11.1. The molecule has 0 saturated heterocycles. The highest BCUT2D eigenvalue weighted by atomic mass is 32.2. The number of carbonyl (C=O) groups excluding carboxylic acids is 1. The van der Waals surface area contributed by atoms with Crippen molar-refractivity contribution in [1.29, 1.82) is 0 Å². The van der Waals surface area contributed by atoms with E-state index in [-0.39, 0.29) is 11.7 Å². The van der Waals surface area contributed by atoms with Crippen molar-refractivity contribution < 1.29 is 13.9 Å². The van der Waals surface area contributed by atoms with Crippen molar-refractivity contribution in [3.8, 4) is 5.75 Å². The Morgan fingerprint density at radius 1 is 1.21 bits per heavy atom. The van der Waals surface area contributed by atoms with Gasteiger partial charge in [0.05, 0.1) is 0 Å². The second-order valence-electron chi connectivity index (χ2n) is 6.00. The minimum atomic E-state index is -0.675. The van der Waals surface area contributed by atoms with Gasteiger partial charge < -0.3 is 4.74 Å². The molecule has 1 amide bonds. The predicted octanol–water partition coefficient (Wildman–Crippen LogP) is 4.94. The number of anilines is 1. The van der Waals surface area contributed by atoms with Crippen LogP contribution >= 0.6 is 23.1 Å². The highest BCUT2D eigenvalue weighted by Crippen LogP contribution is 2.29. The molecule has 146 valence electrons. The summed E-state index contributed by atoms with van der Waals surface area (Å²) in [4.78, 5) is 12.3. The monoisotopic (exact) mass is 417 g/mol. The molecule has 1 heterocycles. The van der Waals surface area contributed by atoms with Crippen LogP contribution in [-0.2, 0) is 17.0 Å². The topological polar surface area (TPSA) is 64.1 Å². The Labute approximate surface area is 171 Å². The molecule has 8 heteroatoms. The van der Waals surface area contributed by atoms with Crippen molar-refractivity contribution in [3.05, 3.63) is 65.5 Å². The third-order valence-corrected chi connectivity index (χ3v) is 5.98. The van der Waals surface area contributed by atoms with E-state index in [0.717, 1.165) is 6.42 Å². The van der Waals surface area contributed by atoms with E-state index in [9.17, 15) is 9.18 Å². The highest BCUT2D eigenvalue weighted by Gasteiger charge is 2.17. The number of hydrogen-bond donors (Lipinski definition) is 1. The van der Waals surface area contributed by atoms with Crippen LogP contribution in [0.2, 0.25) is 0 Å². The molecule has 0 fully saturated rings. The van der Waals surface area contributed by atoms with E-state index < -0.39 is 6.10 Å². The molecule has 1 atom stereocenters. The first-order chi connectivity index (χ1) is 13.5. The zero-order valence-corrected chi connectivity index (χ0v) is 17.1. The van der Waals surface area contributed by atoms with Crippen molar-refractivity contribution in [2.45, 2.75) is 36.5 Å². The first-order valence-corrected chi connectivity index (χ1v) is 10.6. The van der Waals surface area contributed by atoms with Gasteiger partial charge in [0.2, 0.25) is 5.13 Å². The molecule has 0 aliphatic heterocycles. The molecule has 1 N–H and O–H groups in total. The van der Waals surface area contributed by atoms with Gasteiger partial charge in [0.25, 0.3) is 5.91 Å². The van der Waals surface area contributed by atoms with Crippen LogP contribution in [0.3, 0.4) is 0 Å². The van der Waals surface area contributed by atoms with Gasteiger partial charge in [-0.25, -0.2) is 4.39 Å². The second kappa shape index (κ2) is 9.66. The Morgan fingerprint density at radius 3 is 2.68 bits per heavy atom. The van der Waals surface area contributed by atoms with Crippen molar-refractivity contribution in [2.75, 3.05) is 5.32 Å². The second-order valence-corrected chi connectivity index (χ2v) is 8.20. The SMILES string of the molecule is CCc1ccc(O[C@@H](C)C(=O)Nc2nnc(SCc3ccccc3F)s2)cc1. The molecule has 0 saturated carbocycles. The number of amides is 1. The van der Waals surface area contributed by atoms with Gasteiger partial charge >= 0.3 is 0 Å². The number of aromatic nitrogens is 2. The van der Waals surface area contributed by atoms with Gasteiger partial charge in [-0.2, -0.15) is 0 Å². The van der Waals surface area contributed by atoms with Crippen LogP contribution in [0.1, 0.15) is 25.0 Å². The third kappa shape index (κ3) is 5.53. The van der Waals surface area contributed by atoms with Gasteiger partial charge in [0.1, 0.15) is 11.6 Å². The van der Waals surface area contributed by atoms with Gasteiger partial charge in [-0.05, 0) is 42.7 Å². The Hall–Kier alpha value is -2.45. The molecule has 0 aliphatic rings. The lowest BCUT2D eigenvalue weighted by atomic mass is 10.2. The lowest BCUT2D eigenvalue weighted by Gasteiger charge is -2.13. The van der Waals surface area contributed by atoms with Gasteiger partial charge in [-0.1, -0.05) is 60.4 Å². The fourth-order valence-corrected chi connectivity index (χ4v) is 4.08. The number of rotatable bonds is 8. The van der Waals surface area contributed by atoms with Crippen LogP contribution in [-0.4, -0.2) is 22.2 Å². The van der Waals surface area contributed by atoms with Gasteiger partial charge in [-0.3, -0.25) is 10.1 Å². The molecule has 3 aromatic rings. The maximum Gasteiger partial charge on any atom is 0.266 e. The molecular weight excluding hydrogens is 397 g/mol. The van der Waals surface area contributed by atoms with E-state index in [1.54, 1.807) is 25.1 Å². The molecule has 3 rings (SSSR count). The molecule has 0 radical (unpaired) electrons. The number of aryl methyl sites for hydroxylation is 1. The first kappa shape index (κ1) is 20.3. The minimum Gasteiger partial charge on any atom is -0.481 e. The number of halogens is 1. The number of nitrogens with zero attached hydrogens (tertiary/aromatic N) is 2. The van der Waals surface area contributed by atoms with Crippen LogP contribution < -0.4 is 10.1 Å². The third-order valence-electron chi connectivity index (χ3n) is 3.96. The van der Waals surface area contributed by atoms with E-state index in [1.807, 2.05) is 24.3 Å². The first-order valence-electron chi connectivity index (χ1n) is 8.81. The number of carbonyl (C=O) groups is 1. The predicted molar refractivity (Wildman–Crippen MR) is 110 cm³/mol. The summed E-state index contributed by atoms with van der Waals surface area (Å²) in [5.41, 5.74) is 1.81. The van der Waals surface area contributed by atoms with E-state index in [0.29, 0.717) is 26.5 Å². The van der Waals surface area contributed by atoms with Gasteiger partial charge in [-0.15, -0.1) is 10.2 Å². The van der Waals surface area contributed by atoms with E-state index in [4.69, 9.17) is 4.74 Å². The fraction of sp³-hybridized carbons (Fsp3) is 0.250. The summed E-state index contributed by atoms with van der Waals surface area (Å²) in [6.45, 7) is 3.76. The zero-order valence-electron chi connectivity index (χ0n) is 15.5. The van der Waals surface area contributed by atoms with E-state index >= 15 is 0 Å². The summed E-state index contributed by atoms with van der Waals surface area (Å²) in [7, 11) is 0. The van der Waals surface area contributed by atoms with E-state index in [2.05, 4.69) is 22.4 Å². The summed E-state index contributed by atoms with van der Waals surface area (Å²) >= 11 is 2.62. The number of ether oxygens (including phenoxy) is 1. The standard InChI is InChI=1S/C20H20FN3O2S2/c1-3-14-8-10-16(11-9-14)26-13(2)18(25)22-19-23-24-20(28-19)27-12-15-6-4-5-7-17(15)21/h4-11,13H,3,12H2,1-2H3,(H,22,23,25)/t13-/m0/s1. The molecule has 0 aliphatic carbocycles. The number of benzene rings is 2. The highest BCUT2D eigenvalue weighted by molar-refractivity contribution is 8.00. The summed E-state index contributed by atoms with van der Waals surface area (Å²) < 4.78 is 20.0. The molecular formula is C20H20FN3O2S2. The van der Waals surface area contributed by atoms with E-state index in [1.165, 1.54) is 34.7 Å². The average Bonchev–Trinajstić information content (AvgIpc) is 3.15. The lowest BCUT2D eigenvalue weighted by molar-refractivity contribution is -0.122. The van der Waals surface area contributed by atoms with Crippen molar-refractivity contribution >= 4 is 34.1 Å². The summed E-state index contributed by atoms with van der Waals surface area (Å²) in [6.07, 6.45) is 0.274. The molecule has 2 aromatic carbocycles.